The van der Waals surface area contributed by atoms with Crippen LogP contribution in [-0.4, -0.2) is 46.9 Å². The van der Waals surface area contributed by atoms with Gasteiger partial charge in [0, 0.05) is 11.8 Å². The van der Waals surface area contributed by atoms with Crippen molar-refractivity contribution in [2.75, 3.05) is 26.0 Å². The molecule has 1 amide bonds. The summed E-state index contributed by atoms with van der Waals surface area (Å²) in [4.78, 5) is 28.5. The topological polar surface area (TPSA) is 85.7 Å². The summed E-state index contributed by atoms with van der Waals surface area (Å²) in [7, 11) is 2.54. The molecule has 150 valence electrons. The Kier molecular flexibility index (Phi) is 7.15. The Morgan fingerprint density at radius 1 is 1.36 bits per heavy atom. The summed E-state index contributed by atoms with van der Waals surface area (Å²) >= 11 is 6.09. The van der Waals surface area contributed by atoms with Crippen LogP contribution in [0.4, 0.5) is 5.82 Å². The van der Waals surface area contributed by atoms with Crippen LogP contribution in [0.15, 0.2) is 47.4 Å². The molecule has 0 spiro atoms. The maximum atomic E-state index is 12.4. The van der Waals surface area contributed by atoms with E-state index < -0.39 is 19.6 Å². The van der Waals surface area contributed by atoms with Crippen molar-refractivity contribution in [3.63, 3.8) is 0 Å². The van der Waals surface area contributed by atoms with E-state index in [9.17, 15) is 9.59 Å². The molecule has 0 bridgehead atoms. The van der Waals surface area contributed by atoms with Gasteiger partial charge >= 0.3 is 5.69 Å². The van der Waals surface area contributed by atoms with Crippen LogP contribution >= 0.6 is 18.9 Å². The Bertz CT molecular complexity index is 864. The van der Waals surface area contributed by atoms with Crippen LogP contribution in [0, 0.1) is 0 Å². The van der Waals surface area contributed by atoms with Gasteiger partial charge in [0.05, 0.1) is 12.7 Å². The van der Waals surface area contributed by atoms with E-state index in [1.165, 1.54) is 4.57 Å². The van der Waals surface area contributed by atoms with Gasteiger partial charge in [0.15, 0.2) is 0 Å². The minimum Gasteiger partial charge on any atom is -0.352 e. The standard InChI is InChI=1S/C18H22ClN4O4P/c1-22(2)28(19)26-12-14-8-9-16(27-14)23-11-10-15(21-18(23)25)20-17(24)13-6-4-3-5-7-13/h3-7,10-11,14,16H,8-9,12H2,1-2H3,(H,20,21,24,25). The Labute approximate surface area is 169 Å². The second-order valence-electron chi connectivity index (χ2n) is 6.48. The molecule has 28 heavy (non-hydrogen) atoms. The molecule has 1 aromatic carbocycles. The fraction of sp³-hybridized carbons (Fsp3) is 0.389. The second kappa shape index (κ2) is 9.58. The van der Waals surface area contributed by atoms with Crippen LogP contribution < -0.4 is 11.0 Å². The molecule has 10 heteroatoms. The highest BCUT2D eigenvalue weighted by atomic mass is 35.7. The fourth-order valence-corrected chi connectivity index (χ4v) is 3.44. The van der Waals surface area contributed by atoms with E-state index in [1.54, 1.807) is 41.2 Å². The molecule has 3 atom stereocenters. The molecule has 0 radical (unpaired) electrons. The van der Waals surface area contributed by atoms with E-state index in [4.69, 9.17) is 20.5 Å². The minimum atomic E-state index is -1.16. The maximum Gasteiger partial charge on any atom is 0.351 e. The van der Waals surface area contributed by atoms with Crippen LogP contribution in [0.3, 0.4) is 0 Å². The van der Waals surface area contributed by atoms with Crippen molar-refractivity contribution in [1.82, 2.24) is 14.2 Å². The van der Waals surface area contributed by atoms with Crippen LogP contribution in [0.2, 0.25) is 0 Å². The van der Waals surface area contributed by atoms with E-state index in [0.29, 0.717) is 18.6 Å². The first-order chi connectivity index (χ1) is 13.4. The molecule has 1 aliphatic heterocycles. The number of aromatic nitrogens is 2. The number of carbonyl (C=O) groups is 1. The summed E-state index contributed by atoms with van der Waals surface area (Å²) in [6.07, 6.45) is 2.48. The lowest BCUT2D eigenvalue weighted by molar-refractivity contribution is -0.0185. The van der Waals surface area contributed by atoms with Gasteiger partial charge in [-0.05, 0) is 56.4 Å². The van der Waals surface area contributed by atoms with Gasteiger partial charge in [-0.25, -0.2) is 4.79 Å². The number of ether oxygens (including phenoxy) is 1. The minimum absolute atomic E-state index is 0.127. The zero-order chi connectivity index (χ0) is 20.1. The highest BCUT2D eigenvalue weighted by Gasteiger charge is 2.28. The number of halogens is 1. The molecule has 1 N–H and O–H groups in total. The van der Waals surface area contributed by atoms with E-state index in [1.807, 2.05) is 20.2 Å². The molecule has 3 rings (SSSR count). The summed E-state index contributed by atoms with van der Waals surface area (Å²) < 4.78 is 14.7. The van der Waals surface area contributed by atoms with Gasteiger partial charge in [0.1, 0.15) is 12.0 Å². The molecule has 1 saturated heterocycles. The van der Waals surface area contributed by atoms with Crippen LogP contribution in [0.5, 0.6) is 0 Å². The highest BCUT2D eigenvalue weighted by molar-refractivity contribution is 7.78. The number of nitrogens with one attached hydrogen (secondary N) is 1. The highest BCUT2D eigenvalue weighted by Crippen LogP contribution is 2.45. The van der Waals surface area contributed by atoms with Crippen molar-refractivity contribution >= 4 is 30.6 Å². The smallest absolute Gasteiger partial charge is 0.351 e. The molecular formula is C18H22ClN4O4P. The van der Waals surface area contributed by atoms with Gasteiger partial charge in [-0.3, -0.25) is 14.0 Å². The summed E-state index contributed by atoms with van der Waals surface area (Å²) in [6.45, 7) is 0.372. The Morgan fingerprint density at radius 3 is 2.79 bits per heavy atom. The SMILES string of the molecule is CN(C)P(Cl)OCC1CCC(n2ccc(NC(=O)c3ccccc3)nc2=O)O1. The molecule has 8 nitrogen and oxygen atoms in total. The molecule has 0 saturated carbocycles. The maximum absolute atomic E-state index is 12.4. The quantitative estimate of drug-likeness (QED) is 0.687. The fourth-order valence-electron chi connectivity index (χ4n) is 2.75. The van der Waals surface area contributed by atoms with Crippen molar-refractivity contribution in [3.8, 4) is 0 Å². The summed E-state index contributed by atoms with van der Waals surface area (Å²) in [5.74, 6) is -0.121. The molecule has 1 aromatic heterocycles. The van der Waals surface area contributed by atoms with Crippen LogP contribution in [0.25, 0.3) is 0 Å². The third-order valence-corrected chi connectivity index (χ3v) is 6.38. The van der Waals surface area contributed by atoms with Gasteiger partial charge in [0.25, 0.3) is 5.91 Å². The third-order valence-electron chi connectivity index (χ3n) is 4.18. The van der Waals surface area contributed by atoms with Crippen molar-refractivity contribution in [2.24, 2.45) is 0 Å². The predicted octanol–water partition coefficient (Wildman–Crippen LogP) is 3.22. The van der Waals surface area contributed by atoms with E-state index in [2.05, 4.69) is 10.3 Å². The third kappa shape index (κ3) is 5.37. The van der Waals surface area contributed by atoms with Gasteiger partial charge in [-0.1, -0.05) is 18.2 Å². The molecular weight excluding hydrogens is 403 g/mol. The molecule has 1 fully saturated rings. The molecule has 0 aliphatic carbocycles. The van der Waals surface area contributed by atoms with Crippen molar-refractivity contribution in [3.05, 3.63) is 58.6 Å². The number of rotatable bonds is 7. The molecule has 3 unspecified atom stereocenters. The number of nitrogens with zero attached hydrogens (tertiary/aromatic N) is 3. The first-order valence-electron chi connectivity index (χ1n) is 8.81. The van der Waals surface area contributed by atoms with Crippen LogP contribution in [-0.2, 0) is 9.26 Å². The Balaban J connectivity index is 1.59. The predicted molar refractivity (Wildman–Crippen MR) is 108 cm³/mol. The monoisotopic (exact) mass is 424 g/mol. The van der Waals surface area contributed by atoms with Crippen molar-refractivity contribution < 1.29 is 14.1 Å². The normalized spacial score (nSPS) is 20.3. The van der Waals surface area contributed by atoms with E-state index in [-0.39, 0.29) is 17.8 Å². The average molecular weight is 425 g/mol. The zero-order valence-electron chi connectivity index (χ0n) is 15.6. The van der Waals surface area contributed by atoms with Crippen LogP contribution in [0.1, 0.15) is 29.4 Å². The summed E-state index contributed by atoms with van der Waals surface area (Å²) in [5.41, 5.74) is 0.0118. The summed E-state index contributed by atoms with van der Waals surface area (Å²) in [6, 6.07) is 10.3. The van der Waals surface area contributed by atoms with Gasteiger partial charge in [-0.15, -0.1) is 0 Å². The van der Waals surface area contributed by atoms with Gasteiger partial charge in [0.2, 0.25) is 7.65 Å². The van der Waals surface area contributed by atoms with E-state index >= 15 is 0 Å². The zero-order valence-corrected chi connectivity index (χ0v) is 17.3. The molecule has 1 aliphatic rings. The van der Waals surface area contributed by atoms with E-state index in [0.717, 1.165) is 6.42 Å². The average Bonchev–Trinajstić information content (AvgIpc) is 3.15. The lowest BCUT2D eigenvalue weighted by atomic mass is 10.2. The Hall–Kier alpha value is -1.83. The van der Waals surface area contributed by atoms with Crippen molar-refractivity contribution in [1.29, 1.82) is 0 Å². The van der Waals surface area contributed by atoms with Gasteiger partial charge < -0.3 is 14.6 Å². The number of carbonyl (C=O) groups excluding carboxylic acids is 1. The van der Waals surface area contributed by atoms with Crippen molar-refractivity contribution in [2.45, 2.75) is 25.2 Å². The largest absolute Gasteiger partial charge is 0.352 e. The van der Waals surface area contributed by atoms with Gasteiger partial charge in [-0.2, -0.15) is 4.98 Å². The molecule has 2 heterocycles. The number of amides is 1. The first kappa shape index (κ1) is 20.9. The Morgan fingerprint density at radius 2 is 2.11 bits per heavy atom. The first-order valence-corrected chi connectivity index (χ1v) is 10.9. The molecule has 2 aromatic rings. The second-order valence-corrected chi connectivity index (χ2v) is 8.86. The lowest BCUT2D eigenvalue weighted by Gasteiger charge is -2.20. The summed E-state index contributed by atoms with van der Waals surface area (Å²) in [5, 5.41) is 2.63. The number of hydrogen-bond acceptors (Lipinski definition) is 6. The number of hydrogen-bond donors (Lipinski definition) is 1. The number of anilines is 1. The lowest BCUT2D eigenvalue weighted by Crippen LogP contribution is -2.28. The number of benzene rings is 1.